The first kappa shape index (κ1) is 13.4. The fourth-order valence-electron chi connectivity index (χ4n) is 4.49. The molecule has 2 saturated heterocycles. The van der Waals surface area contributed by atoms with Gasteiger partial charge in [0.15, 0.2) is 0 Å². The summed E-state index contributed by atoms with van der Waals surface area (Å²) < 4.78 is 0. The second kappa shape index (κ2) is 5.82. The van der Waals surface area contributed by atoms with Crippen molar-refractivity contribution in [2.24, 2.45) is 11.7 Å². The molecule has 0 spiro atoms. The predicted molar refractivity (Wildman–Crippen MR) is 76.7 cm³/mol. The van der Waals surface area contributed by atoms with Gasteiger partial charge in [-0.2, -0.15) is 0 Å². The molecule has 3 heteroatoms. The van der Waals surface area contributed by atoms with Gasteiger partial charge < -0.3 is 10.6 Å². The molecule has 2 unspecified atom stereocenters. The van der Waals surface area contributed by atoms with Crippen molar-refractivity contribution in [3.8, 4) is 0 Å². The molecule has 2 atom stereocenters. The largest absolute Gasteiger partial charge is 0.336 e. The van der Waals surface area contributed by atoms with Crippen molar-refractivity contribution in [3.05, 3.63) is 0 Å². The Hall–Kier alpha value is -0.570. The van der Waals surface area contributed by atoms with Gasteiger partial charge in [0, 0.05) is 24.0 Å². The summed E-state index contributed by atoms with van der Waals surface area (Å²) in [4.78, 5) is 15.1. The van der Waals surface area contributed by atoms with Crippen molar-refractivity contribution in [2.45, 2.75) is 88.8 Å². The number of amides is 1. The molecular weight excluding hydrogens is 236 g/mol. The van der Waals surface area contributed by atoms with Gasteiger partial charge >= 0.3 is 0 Å². The van der Waals surface area contributed by atoms with E-state index < -0.39 is 0 Å². The molecule has 0 aromatic rings. The second-order valence-corrected chi connectivity index (χ2v) is 6.90. The standard InChI is InChI=1S/C16H28N2O/c17-13-10-14-8-9-15(11-13)18(14)16(19)12-6-4-2-1-3-5-7-12/h12-15H,1-11,17H2. The lowest BCUT2D eigenvalue weighted by atomic mass is 9.88. The third-order valence-corrected chi connectivity index (χ3v) is 5.48. The number of piperidine rings is 1. The maximum atomic E-state index is 12.9. The molecule has 1 aliphatic carbocycles. The maximum Gasteiger partial charge on any atom is 0.226 e. The van der Waals surface area contributed by atoms with Crippen molar-refractivity contribution in [2.75, 3.05) is 0 Å². The first-order chi connectivity index (χ1) is 9.25. The Balaban J connectivity index is 1.66. The zero-order valence-electron chi connectivity index (χ0n) is 12.0. The van der Waals surface area contributed by atoms with Gasteiger partial charge in [-0.3, -0.25) is 4.79 Å². The molecule has 0 aromatic carbocycles. The molecule has 2 bridgehead atoms. The van der Waals surface area contributed by atoms with Crippen LogP contribution in [0.5, 0.6) is 0 Å². The van der Waals surface area contributed by atoms with E-state index in [9.17, 15) is 4.79 Å². The molecule has 0 aromatic heterocycles. The van der Waals surface area contributed by atoms with Crippen LogP contribution in [0.15, 0.2) is 0 Å². The lowest BCUT2D eigenvalue weighted by Gasteiger charge is -2.40. The van der Waals surface area contributed by atoms with E-state index in [0.717, 1.165) is 25.7 Å². The van der Waals surface area contributed by atoms with Crippen molar-refractivity contribution >= 4 is 5.91 Å². The molecule has 108 valence electrons. The lowest BCUT2D eigenvalue weighted by molar-refractivity contribution is -0.140. The number of hydrogen-bond acceptors (Lipinski definition) is 2. The second-order valence-electron chi connectivity index (χ2n) is 6.90. The fraction of sp³-hybridized carbons (Fsp3) is 0.938. The van der Waals surface area contributed by atoms with Gasteiger partial charge in [0.05, 0.1) is 0 Å². The molecule has 3 fully saturated rings. The summed E-state index contributed by atoms with van der Waals surface area (Å²) in [6.45, 7) is 0. The van der Waals surface area contributed by atoms with Crippen LogP contribution in [0.3, 0.4) is 0 Å². The Morgan fingerprint density at radius 1 is 0.842 bits per heavy atom. The van der Waals surface area contributed by atoms with Crippen LogP contribution in [0.4, 0.5) is 0 Å². The Bertz CT molecular complexity index is 309. The van der Waals surface area contributed by atoms with E-state index in [-0.39, 0.29) is 0 Å². The van der Waals surface area contributed by atoms with Crippen LogP contribution < -0.4 is 5.73 Å². The molecule has 1 saturated carbocycles. The lowest BCUT2D eigenvalue weighted by Crippen LogP contribution is -2.52. The Morgan fingerprint density at radius 2 is 1.37 bits per heavy atom. The third-order valence-electron chi connectivity index (χ3n) is 5.48. The summed E-state index contributed by atoms with van der Waals surface area (Å²) in [5, 5.41) is 0. The first-order valence-corrected chi connectivity index (χ1v) is 8.33. The Labute approximate surface area is 116 Å². The van der Waals surface area contributed by atoms with Gasteiger partial charge in [-0.15, -0.1) is 0 Å². The Morgan fingerprint density at radius 3 is 1.95 bits per heavy atom. The summed E-state index contributed by atoms with van der Waals surface area (Å²) in [5.74, 6) is 0.791. The summed E-state index contributed by atoms with van der Waals surface area (Å²) in [7, 11) is 0. The Kier molecular flexibility index (Phi) is 4.11. The number of hydrogen-bond donors (Lipinski definition) is 1. The highest BCUT2D eigenvalue weighted by Crippen LogP contribution is 2.37. The zero-order chi connectivity index (χ0) is 13.2. The molecule has 3 nitrogen and oxygen atoms in total. The van der Waals surface area contributed by atoms with E-state index >= 15 is 0 Å². The highest BCUT2D eigenvalue weighted by atomic mass is 16.2. The topological polar surface area (TPSA) is 46.3 Å². The molecule has 3 rings (SSSR count). The van der Waals surface area contributed by atoms with Gasteiger partial charge in [-0.25, -0.2) is 0 Å². The first-order valence-electron chi connectivity index (χ1n) is 8.33. The molecule has 19 heavy (non-hydrogen) atoms. The monoisotopic (exact) mass is 264 g/mol. The predicted octanol–water partition coefficient (Wildman–Crippen LogP) is 2.83. The highest BCUT2D eigenvalue weighted by molar-refractivity contribution is 5.80. The van der Waals surface area contributed by atoms with Gasteiger partial charge in [-0.1, -0.05) is 32.1 Å². The van der Waals surface area contributed by atoms with Gasteiger partial charge in [0.1, 0.15) is 0 Å². The smallest absolute Gasteiger partial charge is 0.226 e. The number of carbonyl (C=O) groups excluding carboxylic acids is 1. The average molecular weight is 264 g/mol. The van der Waals surface area contributed by atoms with Crippen LogP contribution >= 0.6 is 0 Å². The summed E-state index contributed by atoms with van der Waals surface area (Å²) in [6, 6.07) is 1.26. The number of nitrogens with zero attached hydrogens (tertiary/aromatic N) is 1. The number of carbonyl (C=O) groups is 1. The molecule has 1 amide bonds. The average Bonchev–Trinajstić information content (AvgIpc) is 2.60. The molecule has 2 heterocycles. The van der Waals surface area contributed by atoms with E-state index in [1.54, 1.807) is 0 Å². The van der Waals surface area contributed by atoms with Gasteiger partial charge in [0.25, 0.3) is 0 Å². The SMILES string of the molecule is NC1CC2CCC(C1)N2C(=O)C1CCCCCCC1. The fourth-order valence-corrected chi connectivity index (χ4v) is 4.49. The van der Waals surface area contributed by atoms with E-state index in [1.807, 2.05) is 0 Å². The quantitative estimate of drug-likeness (QED) is 0.791. The number of rotatable bonds is 1. The summed E-state index contributed by atoms with van der Waals surface area (Å²) in [5.41, 5.74) is 6.10. The van der Waals surface area contributed by atoms with Gasteiger partial charge in [-0.05, 0) is 38.5 Å². The van der Waals surface area contributed by atoms with Crippen LogP contribution in [0.1, 0.15) is 70.6 Å². The number of nitrogens with two attached hydrogens (primary N) is 1. The van der Waals surface area contributed by atoms with Crippen molar-refractivity contribution in [3.63, 3.8) is 0 Å². The maximum absolute atomic E-state index is 12.9. The minimum Gasteiger partial charge on any atom is -0.336 e. The molecule has 2 aliphatic heterocycles. The van der Waals surface area contributed by atoms with E-state index in [4.69, 9.17) is 5.73 Å². The third kappa shape index (κ3) is 2.81. The summed E-state index contributed by atoms with van der Waals surface area (Å²) in [6.07, 6.45) is 13.2. The van der Waals surface area contributed by atoms with Crippen LogP contribution in [-0.2, 0) is 4.79 Å². The highest BCUT2D eigenvalue weighted by Gasteiger charge is 2.43. The molecular formula is C16H28N2O. The van der Waals surface area contributed by atoms with Crippen molar-refractivity contribution in [1.82, 2.24) is 4.90 Å². The van der Waals surface area contributed by atoms with Crippen LogP contribution in [0.2, 0.25) is 0 Å². The van der Waals surface area contributed by atoms with Crippen molar-refractivity contribution < 1.29 is 4.79 Å². The van der Waals surface area contributed by atoms with E-state index in [2.05, 4.69) is 4.90 Å². The summed E-state index contributed by atoms with van der Waals surface area (Å²) >= 11 is 0. The van der Waals surface area contributed by atoms with Crippen LogP contribution in [0.25, 0.3) is 0 Å². The van der Waals surface area contributed by atoms with E-state index in [0.29, 0.717) is 30.0 Å². The minimum absolute atomic E-state index is 0.317. The minimum atomic E-state index is 0.317. The van der Waals surface area contributed by atoms with Gasteiger partial charge in [0.2, 0.25) is 5.91 Å². The normalized spacial score (nSPS) is 36.9. The number of fused-ring (bicyclic) bond motifs is 2. The zero-order valence-corrected chi connectivity index (χ0v) is 12.0. The van der Waals surface area contributed by atoms with Crippen molar-refractivity contribution in [1.29, 1.82) is 0 Å². The molecule has 3 aliphatic rings. The van der Waals surface area contributed by atoms with E-state index in [1.165, 1.54) is 44.9 Å². The molecule has 2 N–H and O–H groups in total. The molecule has 0 radical (unpaired) electrons. The van der Waals surface area contributed by atoms with Crippen LogP contribution in [-0.4, -0.2) is 28.9 Å². The van der Waals surface area contributed by atoms with Crippen LogP contribution in [0, 0.1) is 5.92 Å².